The molecule has 0 radical (unpaired) electrons. The van der Waals surface area contributed by atoms with Gasteiger partial charge in [-0.3, -0.25) is 0 Å². The van der Waals surface area contributed by atoms with Gasteiger partial charge in [-0.05, 0) is 46.6 Å². The molecule has 0 saturated heterocycles. The van der Waals surface area contributed by atoms with Gasteiger partial charge in [0.2, 0.25) is 0 Å². The minimum atomic E-state index is -1.12. The summed E-state index contributed by atoms with van der Waals surface area (Å²) < 4.78 is 14.0. The molecule has 0 aliphatic rings. The molecular formula is C11H7BrFNO2. The number of aryl methyl sites for hydroxylation is 1. The van der Waals surface area contributed by atoms with Gasteiger partial charge in [-0.25, -0.2) is 14.2 Å². The van der Waals surface area contributed by atoms with Gasteiger partial charge in [0.05, 0.1) is 9.99 Å². The van der Waals surface area contributed by atoms with Crippen molar-refractivity contribution in [2.75, 3.05) is 0 Å². The van der Waals surface area contributed by atoms with E-state index in [-0.39, 0.29) is 5.69 Å². The summed E-state index contributed by atoms with van der Waals surface area (Å²) in [5, 5.41) is 9.11. The molecule has 2 rings (SSSR count). The number of carboxylic acids is 1. The fourth-order valence-electron chi connectivity index (χ4n) is 1.51. The Morgan fingerprint density at radius 1 is 1.50 bits per heavy atom. The van der Waals surface area contributed by atoms with E-state index in [1.54, 1.807) is 13.0 Å². The first-order valence-electron chi connectivity index (χ1n) is 4.49. The highest BCUT2D eigenvalue weighted by Crippen LogP contribution is 2.27. The van der Waals surface area contributed by atoms with E-state index in [4.69, 9.17) is 5.11 Å². The molecule has 0 saturated carbocycles. The number of benzene rings is 1. The van der Waals surface area contributed by atoms with Crippen LogP contribution in [-0.4, -0.2) is 16.1 Å². The molecular weight excluding hydrogens is 277 g/mol. The number of carboxylic acid groups (broad SMARTS) is 1. The first-order chi connectivity index (χ1) is 7.50. The third-order valence-corrected chi connectivity index (χ3v) is 2.85. The Morgan fingerprint density at radius 3 is 2.81 bits per heavy atom. The molecule has 0 bridgehead atoms. The number of fused-ring (bicyclic) bond motifs is 1. The Balaban J connectivity index is 2.84. The zero-order valence-electron chi connectivity index (χ0n) is 8.29. The van der Waals surface area contributed by atoms with E-state index in [9.17, 15) is 9.18 Å². The number of rotatable bonds is 1. The van der Waals surface area contributed by atoms with Gasteiger partial charge in [0.25, 0.3) is 0 Å². The lowest BCUT2D eigenvalue weighted by atomic mass is 10.1. The van der Waals surface area contributed by atoms with Gasteiger partial charge in [-0.1, -0.05) is 0 Å². The van der Waals surface area contributed by atoms with E-state index < -0.39 is 11.8 Å². The number of nitrogens with zero attached hydrogens (tertiary/aromatic N) is 1. The highest BCUT2D eigenvalue weighted by atomic mass is 79.9. The fourth-order valence-corrected chi connectivity index (χ4v) is 2.06. The minimum Gasteiger partial charge on any atom is -0.477 e. The van der Waals surface area contributed by atoms with Crippen molar-refractivity contribution in [1.82, 2.24) is 4.98 Å². The summed E-state index contributed by atoms with van der Waals surface area (Å²) in [5.41, 5.74) is 1.02. The number of hydrogen-bond acceptors (Lipinski definition) is 2. The minimum absolute atomic E-state index is 0.0858. The molecule has 1 N–H and O–H groups in total. The second-order valence-corrected chi connectivity index (χ2v) is 4.24. The lowest BCUT2D eigenvalue weighted by Crippen LogP contribution is -2.01. The predicted octanol–water partition coefficient (Wildman–Crippen LogP) is 3.14. The van der Waals surface area contributed by atoms with E-state index >= 15 is 0 Å². The van der Waals surface area contributed by atoms with E-state index in [0.717, 1.165) is 5.56 Å². The quantitative estimate of drug-likeness (QED) is 0.875. The van der Waals surface area contributed by atoms with E-state index in [0.29, 0.717) is 15.4 Å². The first kappa shape index (κ1) is 11.0. The zero-order chi connectivity index (χ0) is 11.9. The van der Waals surface area contributed by atoms with Crippen LogP contribution in [0.4, 0.5) is 4.39 Å². The molecule has 82 valence electrons. The van der Waals surface area contributed by atoms with Gasteiger partial charge < -0.3 is 5.11 Å². The largest absolute Gasteiger partial charge is 0.477 e. The molecule has 0 amide bonds. The van der Waals surface area contributed by atoms with Gasteiger partial charge in [-0.15, -0.1) is 0 Å². The molecule has 5 heteroatoms. The van der Waals surface area contributed by atoms with Crippen LogP contribution in [0, 0.1) is 12.7 Å². The van der Waals surface area contributed by atoms with Crippen LogP contribution in [0.5, 0.6) is 0 Å². The second-order valence-electron chi connectivity index (χ2n) is 3.39. The van der Waals surface area contributed by atoms with Crippen molar-refractivity contribution in [3.8, 4) is 0 Å². The van der Waals surface area contributed by atoms with Crippen LogP contribution in [0.1, 0.15) is 16.1 Å². The second kappa shape index (κ2) is 3.83. The summed E-state index contributed by atoms with van der Waals surface area (Å²) in [6.07, 6.45) is 0. The molecule has 0 aliphatic heterocycles. The van der Waals surface area contributed by atoms with E-state index in [1.807, 2.05) is 0 Å². The molecule has 0 fully saturated rings. The zero-order valence-corrected chi connectivity index (χ0v) is 9.88. The molecule has 0 aliphatic carbocycles. The SMILES string of the molecule is Cc1cc(Br)c(F)c2ccc(C(=O)O)nc12. The Kier molecular flexibility index (Phi) is 2.63. The lowest BCUT2D eigenvalue weighted by Gasteiger charge is -2.05. The monoisotopic (exact) mass is 283 g/mol. The van der Waals surface area contributed by atoms with Gasteiger partial charge >= 0.3 is 5.97 Å². The average Bonchev–Trinajstić information content (AvgIpc) is 2.25. The Bertz CT molecular complexity index is 598. The van der Waals surface area contributed by atoms with Crippen LogP contribution in [0.3, 0.4) is 0 Å². The smallest absolute Gasteiger partial charge is 0.354 e. The number of aromatic nitrogens is 1. The lowest BCUT2D eigenvalue weighted by molar-refractivity contribution is 0.0691. The topological polar surface area (TPSA) is 50.2 Å². The number of pyridine rings is 1. The maximum absolute atomic E-state index is 13.7. The number of aromatic carboxylic acids is 1. The van der Waals surface area contributed by atoms with Crippen molar-refractivity contribution < 1.29 is 14.3 Å². The summed E-state index contributed by atoms with van der Waals surface area (Å²) in [4.78, 5) is 14.7. The summed E-state index contributed by atoms with van der Waals surface area (Å²) in [6, 6.07) is 4.30. The molecule has 0 atom stereocenters. The van der Waals surface area contributed by atoms with E-state index in [1.165, 1.54) is 12.1 Å². The number of carbonyl (C=O) groups is 1. The molecule has 2 aromatic rings. The van der Waals surface area contributed by atoms with Gasteiger partial charge in [0.15, 0.2) is 0 Å². The van der Waals surface area contributed by atoms with Crippen LogP contribution in [0.25, 0.3) is 10.9 Å². The predicted molar refractivity (Wildman–Crippen MR) is 61.1 cm³/mol. The van der Waals surface area contributed by atoms with Crippen LogP contribution in [0.15, 0.2) is 22.7 Å². The summed E-state index contributed by atoms with van der Waals surface area (Å²) in [6.45, 7) is 1.76. The number of hydrogen-bond donors (Lipinski definition) is 1. The third kappa shape index (κ3) is 1.67. The summed E-state index contributed by atoms with van der Waals surface area (Å²) in [7, 11) is 0. The molecule has 1 heterocycles. The van der Waals surface area contributed by atoms with Gasteiger partial charge in [-0.2, -0.15) is 0 Å². The highest BCUT2D eigenvalue weighted by Gasteiger charge is 2.12. The Morgan fingerprint density at radius 2 is 2.19 bits per heavy atom. The van der Waals surface area contributed by atoms with Crippen LogP contribution in [-0.2, 0) is 0 Å². The van der Waals surface area contributed by atoms with Crippen molar-refractivity contribution >= 4 is 32.8 Å². The maximum atomic E-state index is 13.7. The first-order valence-corrected chi connectivity index (χ1v) is 5.28. The maximum Gasteiger partial charge on any atom is 0.354 e. The molecule has 16 heavy (non-hydrogen) atoms. The Hall–Kier alpha value is -1.49. The normalized spacial score (nSPS) is 10.7. The summed E-state index contributed by atoms with van der Waals surface area (Å²) >= 11 is 3.10. The van der Waals surface area contributed by atoms with Crippen LogP contribution < -0.4 is 0 Å². The van der Waals surface area contributed by atoms with Crippen molar-refractivity contribution in [2.24, 2.45) is 0 Å². The van der Waals surface area contributed by atoms with Crippen molar-refractivity contribution in [3.63, 3.8) is 0 Å². The van der Waals surface area contributed by atoms with Crippen molar-refractivity contribution in [2.45, 2.75) is 6.92 Å². The molecule has 1 aromatic carbocycles. The standard InChI is InChI=1S/C11H7BrFNO2/c1-5-4-7(12)9(13)6-2-3-8(11(15)16)14-10(5)6/h2-4H,1H3,(H,15,16). The van der Waals surface area contributed by atoms with Crippen LogP contribution in [0.2, 0.25) is 0 Å². The highest BCUT2D eigenvalue weighted by molar-refractivity contribution is 9.10. The van der Waals surface area contributed by atoms with E-state index in [2.05, 4.69) is 20.9 Å². The molecule has 1 aromatic heterocycles. The van der Waals surface area contributed by atoms with Crippen molar-refractivity contribution in [3.05, 3.63) is 39.7 Å². The van der Waals surface area contributed by atoms with Crippen LogP contribution >= 0.6 is 15.9 Å². The molecule has 0 unspecified atom stereocenters. The summed E-state index contributed by atoms with van der Waals surface area (Å²) in [5.74, 6) is -1.55. The third-order valence-electron chi connectivity index (χ3n) is 2.28. The Labute approximate surface area is 99.1 Å². The van der Waals surface area contributed by atoms with Crippen molar-refractivity contribution in [1.29, 1.82) is 0 Å². The number of halogens is 2. The fraction of sp³-hybridized carbons (Fsp3) is 0.0909. The molecule has 3 nitrogen and oxygen atoms in total. The molecule has 0 spiro atoms. The van der Waals surface area contributed by atoms with Gasteiger partial charge in [0, 0.05) is 5.39 Å². The average molecular weight is 284 g/mol. The van der Waals surface area contributed by atoms with Gasteiger partial charge in [0.1, 0.15) is 11.5 Å².